The predicted octanol–water partition coefficient (Wildman–Crippen LogP) is 12.7. The Bertz CT molecular complexity index is 2660. The summed E-state index contributed by atoms with van der Waals surface area (Å²) in [4.78, 5) is 8.94. The molecule has 8 aromatic rings. The Kier molecular flexibility index (Phi) is 9.93. The molecule has 0 saturated carbocycles. The van der Waals surface area contributed by atoms with Crippen molar-refractivity contribution in [1.29, 1.82) is 0 Å². The number of aromatic nitrogens is 2. The number of thiophene rings is 1. The van der Waals surface area contributed by atoms with Crippen molar-refractivity contribution in [1.82, 2.24) is 9.97 Å². The van der Waals surface area contributed by atoms with Crippen LogP contribution in [0.4, 0.5) is 4.39 Å². The number of benzene rings is 5. The van der Waals surface area contributed by atoms with Crippen LogP contribution in [0, 0.1) is 37.2 Å². The van der Waals surface area contributed by atoms with Gasteiger partial charge in [-0.05, 0) is 104 Å². The van der Waals surface area contributed by atoms with Crippen molar-refractivity contribution in [3.8, 4) is 22.5 Å². The van der Waals surface area contributed by atoms with Crippen molar-refractivity contribution < 1.29 is 27.2 Å². The Morgan fingerprint density at radius 1 is 0.769 bits per heavy atom. The Morgan fingerprint density at radius 3 is 2.21 bits per heavy atom. The molecular formula is C46H43FIrN2SSi-2. The zero-order valence-corrected chi connectivity index (χ0v) is 35.0. The monoisotopic (exact) mass is 897 g/mol. The van der Waals surface area contributed by atoms with E-state index in [1.54, 1.807) is 38.2 Å². The van der Waals surface area contributed by atoms with E-state index in [9.17, 15) is 4.39 Å². The van der Waals surface area contributed by atoms with E-state index in [0.29, 0.717) is 5.69 Å². The van der Waals surface area contributed by atoms with Gasteiger partial charge in [0.05, 0.1) is 14.3 Å². The van der Waals surface area contributed by atoms with Crippen molar-refractivity contribution in [2.24, 2.45) is 5.41 Å². The van der Waals surface area contributed by atoms with E-state index in [1.165, 1.54) is 37.9 Å². The van der Waals surface area contributed by atoms with Crippen LogP contribution in [0.15, 0.2) is 103 Å². The van der Waals surface area contributed by atoms with Gasteiger partial charge in [-0.3, -0.25) is 0 Å². The molecule has 0 atom stereocenters. The molecule has 2 nitrogen and oxygen atoms in total. The summed E-state index contributed by atoms with van der Waals surface area (Å²) in [6, 6.07) is 37.7. The Balaban J connectivity index is 0.000000233. The van der Waals surface area contributed by atoms with Crippen LogP contribution >= 0.6 is 11.3 Å². The van der Waals surface area contributed by atoms with Crippen LogP contribution in [0.2, 0.25) is 19.6 Å². The Morgan fingerprint density at radius 2 is 1.50 bits per heavy atom. The summed E-state index contributed by atoms with van der Waals surface area (Å²) in [5.41, 5.74) is 5.23. The van der Waals surface area contributed by atoms with E-state index in [0.717, 1.165) is 43.2 Å². The smallest absolute Gasteiger partial charge is 0.142 e. The first kappa shape index (κ1) is 35.0. The topological polar surface area (TPSA) is 25.8 Å². The first-order chi connectivity index (χ1) is 25.0. The third-order valence-corrected chi connectivity index (χ3v) is 12.4. The Labute approximate surface area is 328 Å². The molecule has 0 saturated heterocycles. The van der Waals surface area contributed by atoms with Gasteiger partial charge in [0.1, 0.15) is 5.82 Å². The summed E-state index contributed by atoms with van der Waals surface area (Å²) in [6.45, 7) is 16.7. The number of rotatable bonds is 4. The molecule has 0 N–H and O–H groups in total. The van der Waals surface area contributed by atoms with E-state index >= 15 is 0 Å². The van der Waals surface area contributed by atoms with Crippen LogP contribution in [-0.4, -0.2) is 18.0 Å². The van der Waals surface area contributed by atoms with E-state index in [1.807, 2.05) is 24.3 Å². The zero-order valence-electron chi connectivity index (χ0n) is 32.8. The molecular weight excluding hydrogens is 852 g/mol. The number of halogens is 1. The SMILES string of the molecule is Cc1cc(-c2[c-]cccc2)ncc1[Si](C)(C)C.[2H]C([2H])(c1cc(-c2[c-]ccc3c2sc2cc4cc5cc(C)ccc5cc4cc23)ncc1F)C(C)(C)C.[Ir]. The van der Waals surface area contributed by atoms with Crippen molar-refractivity contribution in [2.45, 2.75) is 60.6 Å². The largest absolute Gasteiger partial charge is 0.305 e. The van der Waals surface area contributed by atoms with Gasteiger partial charge < -0.3 is 9.97 Å². The maximum atomic E-state index is 14.8. The van der Waals surface area contributed by atoms with Crippen LogP contribution in [0.3, 0.4) is 0 Å². The summed E-state index contributed by atoms with van der Waals surface area (Å²) in [5.74, 6) is -0.629. The molecule has 0 unspecified atom stereocenters. The summed E-state index contributed by atoms with van der Waals surface area (Å²) >= 11 is 1.67. The van der Waals surface area contributed by atoms with Crippen LogP contribution < -0.4 is 5.19 Å². The van der Waals surface area contributed by atoms with Crippen molar-refractivity contribution >= 4 is 66.3 Å². The number of hydrogen-bond donors (Lipinski definition) is 0. The predicted molar refractivity (Wildman–Crippen MR) is 220 cm³/mol. The van der Waals surface area contributed by atoms with Crippen molar-refractivity contribution in [2.75, 3.05) is 0 Å². The average molecular weight is 897 g/mol. The molecule has 3 aromatic heterocycles. The van der Waals surface area contributed by atoms with E-state index in [4.69, 9.17) is 2.74 Å². The number of fused-ring (bicyclic) bond motifs is 5. The van der Waals surface area contributed by atoms with Crippen molar-refractivity contribution in [3.63, 3.8) is 0 Å². The van der Waals surface area contributed by atoms with Gasteiger partial charge >= 0.3 is 0 Å². The molecule has 265 valence electrons. The van der Waals surface area contributed by atoms with Gasteiger partial charge in [0.15, 0.2) is 0 Å². The molecule has 8 rings (SSSR count). The first-order valence-corrected chi connectivity index (χ1v) is 21.6. The second-order valence-electron chi connectivity index (χ2n) is 15.4. The fourth-order valence-corrected chi connectivity index (χ4v) is 9.61. The normalized spacial score (nSPS) is 12.7. The molecule has 0 aliphatic rings. The fourth-order valence-electron chi connectivity index (χ4n) is 6.66. The van der Waals surface area contributed by atoms with Gasteiger partial charge in [0.2, 0.25) is 0 Å². The van der Waals surface area contributed by atoms with Crippen LogP contribution in [0.1, 0.15) is 40.2 Å². The molecule has 0 amide bonds. The number of nitrogens with zero attached hydrogens (tertiary/aromatic N) is 2. The van der Waals surface area contributed by atoms with Crippen molar-refractivity contribution in [3.05, 3.63) is 138 Å². The molecule has 0 aliphatic heterocycles. The second-order valence-corrected chi connectivity index (χ2v) is 21.5. The first-order valence-electron chi connectivity index (χ1n) is 18.3. The van der Waals surface area contributed by atoms with Gasteiger partial charge in [0, 0.05) is 33.7 Å². The van der Waals surface area contributed by atoms with Crippen LogP contribution in [0.25, 0.3) is 64.2 Å². The quantitative estimate of drug-likeness (QED) is 0.0999. The zero-order chi connectivity index (χ0) is 37.9. The summed E-state index contributed by atoms with van der Waals surface area (Å²) in [7, 11) is -1.27. The summed E-state index contributed by atoms with van der Waals surface area (Å²) < 4.78 is 34.2. The molecule has 0 fully saturated rings. The molecule has 0 bridgehead atoms. The maximum Gasteiger partial charge on any atom is 0.142 e. The second kappa shape index (κ2) is 14.8. The fraction of sp³-hybridized carbons (Fsp3) is 0.217. The molecule has 0 aliphatic carbocycles. The minimum absolute atomic E-state index is 0. The van der Waals surface area contributed by atoms with E-state index < -0.39 is 25.7 Å². The maximum absolute atomic E-state index is 14.8. The van der Waals surface area contributed by atoms with Gasteiger partial charge in [-0.1, -0.05) is 87.3 Å². The van der Waals surface area contributed by atoms with Crippen LogP contribution in [-0.2, 0) is 26.5 Å². The average Bonchev–Trinajstić information content (AvgIpc) is 3.47. The van der Waals surface area contributed by atoms with Gasteiger partial charge in [0.25, 0.3) is 0 Å². The minimum Gasteiger partial charge on any atom is -0.305 e. The number of aryl methyl sites for hydroxylation is 2. The molecule has 6 heteroatoms. The summed E-state index contributed by atoms with van der Waals surface area (Å²) in [6.07, 6.45) is 1.33. The van der Waals surface area contributed by atoms with E-state index in [-0.39, 0.29) is 25.7 Å². The molecule has 0 spiro atoms. The van der Waals surface area contributed by atoms with Gasteiger partial charge in [-0.25, -0.2) is 4.39 Å². The van der Waals surface area contributed by atoms with E-state index in [2.05, 4.69) is 122 Å². The number of pyridine rings is 2. The molecule has 3 heterocycles. The molecule has 5 aromatic carbocycles. The van der Waals surface area contributed by atoms with Crippen LogP contribution in [0.5, 0.6) is 0 Å². The van der Waals surface area contributed by atoms with Gasteiger partial charge in [-0.2, -0.15) is 11.3 Å². The molecule has 1 radical (unpaired) electrons. The van der Waals surface area contributed by atoms with Gasteiger partial charge in [-0.15, -0.1) is 59.7 Å². The summed E-state index contributed by atoms with van der Waals surface area (Å²) in [5, 5.41) is 8.53. The minimum atomic E-state index is -1.86. The molecule has 52 heavy (non-hydrogen) atoms. The Hall–Kier alpha value is -4.06. The third kappa shape index (κ3) is 7.96. The third-order valence-electron chi connectivity index (χ3n) is 9.03. The number of hydrogen-bond acceptors (Lipinski definition) is 3. The standard InChI is InChI=1S/C31H25FNS.C15H18NSi.Ir/c1-18-8-9-19-11-21-13-26-24-6-5-7-25(28-14-23(16-31(2,3)4)27(32)17-33-28)30(24)34-29(26)15-22(21)12-20(19)10-18;1-12-10-14(13-8-6-5-7-9-13)16-11-15(12)17(2,3)4;/h5-6,8-15,17H,16H2,1-4H3;5-8,10-11H,1-4H3;/q2*-1;/i16D2;;.